The number of hydrogen-bond donors (Lipinski definition) is 1. The van der Waals surface area contributed by atoms with Crippen molar-refractivity contribution < 1.29 is 23.1 Å². The highest BCUT2D eigenvalue weighted by Gasteiger charge is 2.34. The highest BCUT2D eigenvalue weighted by Crippen LogP contribution is 2.28. The van der Waals surface area contributed by atoms with Gasteiger partial charge in [-0.15, -0.1) is 0 Å². The van der Waals surface area contributed by atoms with Crippen LogP contribution in [0, 0.1) is 0 Å². The van der Waals surface area contributed by atoms with Gasteiger partial charge in [-0.3, -0.25) is 0 Å². The lowest BCUT2D eigenvalue weighted by Crippen LogP contribution is -2.16. The van der Waals surface area contributed by atoms with Gasteiger partial charge in [-0.2, -0.15) is 13.2 Å². The van der Waals surface area contributed by atoms with Crippen molar-refractivity contribution in [2.45, 2.75) is 12.6 Å². The van der Waals surface area contributed by atoms with Gasteiger partial charge in [-0.05, 0) is 17.7 Å². The molecule has 19 heavy (non-hydrogen) atoms. The Morgan fingerprint density at radius 3 is 2.16 bits per heavy atom. The van der Waals surface area contributed by atoms with Gasteiger partial charge < -0.3 is 10.0 Å². The second-order valence-electron chi connectivity index (χ2n) is 4.24. The van der Waals surface area contributed by atoms with E-state index in [1.807, 2.05) is 19.0 Å². The summed E-state index contributed by atoms with van der Waals surface area (Å²) in [4.78, 5) is 12.2. The van der Waals surface area contributed by atoms with Crippen LogP contribution in [0.15, 0.2) is 35.9 Å². The van der Waals surface area contributed by atoms with E-state index in [1.165, 1.54) is 0 Å². The molecule has 1 aromatic carbocycles. The second kappa shape index (κ2) is 5.77. The molecule has 104 valence electrons. The average molecular weight is 273 g/mol. The summed E-state index contributed by atoms with van der Waals surface area (Å²) < 4.78 is 37.9. The third-order valence-corrected chi connectivity index (χ3v) is 2.51. The number of aliphatic carboxylic acids is 1. The fraction of sp³-hybridized carbons (Fsp3) is 0.308. The van der Waals surface area contributed by atoms with Gasteiger partial charge in [-0.1, -0.05) is 12.1 Å². The maximum Gasteiger partial charge on any atom is 0.413 e. The summed E-state index contributed by atoms with van der Waals surface area (Å²) in [6, 6.07) is 6.47. The summed E-state index contributed by atoms with van der Waals surface area (Å²) >= 11 is 0. The van der Waals surface area contributed by atoms with Crippen molar-refractivity contribution >= 4 is 11.7 Å². The molecule has 0 radical (unpaired) electrons. The van der Waals surface area contributed by atoms with E-state index in [2.05, 4.69) is 0 Å². The molecule has 0 bridgehead atoms. The third-order valence-electron chi connectivity index (χ3n) is 2.51. The first-order valence-corrected chi connectivity index (χ1v) is 5.47. The van der Waals surface area contributed by atoms with Crippen LogP contribution in [0.25, 0.3) is 0 Å². The number of allylic oxidation sites excluding steroid dienone is 1. The van der Waals surface area contributed by atoms with Crippen molar-refractivity contribution in [2.75, 3.05) is 19.0 Å². The van der Waals surface area contributed by atoms with E-state index in [0.29, 0.717) is 5.56 Å². The molecular formula is C13H14F3NO2. The van der Waals surface area contributed by atoms with Crippen LogP contribution in [0.2, 0.25) is 0 Å². The van der Waals surface area contributed by atoms with Crippen LogP contribution in [-0.4, -0.2) is 31.3 Å². The predicted molar refractivity (Wildman–Crippen MR) is 66.2 cm³/mol. The lowest BCUT2D eigenvalue weighted by molar-refractivity contribution is -0.132. The molecule has 0 aliphatic heterocycles. The molecule has 1 N–H and O–H groups in total. The molecule has 0 saturated carbocycles. The number of carbonyl (C=O) groups is 1. The minimum Gasteiger partial charge on any atom is -0.478 e. The maximum absolute atomic E-state index is 12.6. The first-order valence-electron chi connectivity index (χ1n) is 5.47. The molecule has 0 unspecified atom stereocenters. The molecule has 0 atom stereocenters. The van der Waals surface area contributed by atoms with Crippen molar-refractivity contribution in [1.82, 2.24) is 0 Å². The fourth-order valence-corrected chi connectivity index (χ4v) is 1.51. The Kier molecular flexibility index (Phi) is 4.58. The fourth-order valence-electron chi connectivity index (χ4n) is 1.51. The molecule has 6 heteroatoms. The quantitative estimate of drug-likeness (QED) is 0.857. The summed E-state index contributed by atoms with van der Waals surface area (Å²) in [6.45, 7) is 0. The summed E-state index contributed by atoms with van der Waals surface area (Å²) in [5.74, 6) is -1.60. The van der Waals surface area contributed by atoms with Gasteiger partial charge in [0.15, 0.2) is 0 Å². The summed E-state index contributed by atoms with van der Waals surface area (Å²) in [5.41, 5.74) is 0.201. The van der Waals surface area contributed by atoms with E-state index >= 15 is 0 Å². The summed E-state index contributed by atoms with van der Waals surface area (Å²) in [5, 5.41) is 8.46. The monoisotopic (exact) mass is 273 g/mol. The number of benzene rings is 1. The number of halogens is 3. The highest BCUT2D eigenvalue weighted by atomic mass is 19.4. The molecule has 1 aromatic rings. The Morgan fingerprint density at radius 1 is 1.26 bits per heavy atom. The number of carboxylic acids is 1. The first-order chi connectivity index (χ1) is 8.70. The summed E-state index contributed by atoms with van der Waals surface area (Å²) in [7, 11) is 3.64. The van der Waals surface area contributed by atoms with Crippen molar-refractivity contribution in [2.24, 2.45) is 0 Å². The zero-order valence-corrected chi connectivity index (χ0v) is 10.5. The van der Waals surface area contributed by atoms with Crippen LogP contribution >= 0.6 is 0 Å². The van der Waals surface area contributed by atoms with Gasteiger partial charge in [0.2, 0.25) is 0 Å². The lowest BCUT2D eigenvalue weighted by atomic mass is 10.0. The second-order valence-corrected chi connectivity index (χ2v) is 4.24. The average Bonchev–Trinajstić information content (AvgIpc) is 2.27. The SMILES string of the molecule is CN(C)c1ccc(C/C(=C\C(=O)O)C(F)(F)F)cc1. The van der Waals surface area contributed by atoms with E-state index in [0.717, 1.165) is 5.69 Å². The van der Waals surface area contributed by atoms with Crippen LogP contribution in [-0.2, 0) is 11.2 Å². The smallest absolute Gasteiger partial charge is 0.413 e. The Labute approximate surface area is 109 Å². The van der Waals surface area contributed by atoms with Gasteiger partial charge in [0.25, 0.3) is 0 Å². The van der Waals surface area contributed by atoms with Crippen LogP contribution in [0.4, 0.5) is 18.9 Å². The van der Waals surface area contributed by atoms with E-state index in [1.54, 1.807) is 24.3 Å². The van der Waals surface area contributed by atoms with Gasteiger partial charge in [-0.25, -0.2) is 4.79 Å². The molecular weight excluding hydrogens is 259 g/mol. The molecule has 0 aliphatic carbocycles. The first kappa shape index (κ1) is 15.1. The number of nitrogens with zero attached hydrogens (tertiary/aromatic N) is 1. The molecule has 0 aliphatic rings. The van der Waals surface area contributed by atoms with Crippen molar-refractivity contribution in [3.05, 3.63) is 41.5 Å². The standard InChI is InChI=1S/C13H14F3NO2/c1-17(2)11-5-3-9(4-6-11)7-10(8-12(18)19)13(14,15)16/h3-6,8H,7H2,1-2H3,(H,18,19)/b10-8+. The van der Waals surface area contributed by atoms with E-state index in [-0.39, 0.29) is 6.08 Å². The minimum atomic E-state index is -4.64. The van der Waals surface area contributed by atoms with Gasteiger partial charge in [0, 0.05) is 37.9 Å². The number of rotatable bonds is 4. The van der Waals surface area contributed by atoms with Crippen LogP contribution in [0.5, 0.6) is 0 Å². The number of anilines is 1. The normalized spacial score (nSPS) is 12.4. The van der Waals surface area contributed by atoms with E-state index in [4.69, 9.17) is 5.11 Å². The van der Waals surface area contributed by atoms with E-state index in [9.17, 15) is 18.0 Å². The Bertz CT molecular complexity index is 476. The number of alkyl halides is 3. The molecule has 0 spiro atoms. The molecule has 0 aromatic heterocycles. The van der Waals surface area contributed by atoms with Crippen LogP contribution < -0.4 is 4.90 Å². The molecule has 3 nitrogen and oxygen atoms in total. The lowest BCUT2D eigenvalue weighted by Gasteiger charge is -2.14. The largest absolute Gasteiger partial charge is 0.478 e. The molecule has 0 heterocycles. The zero-order chi connectivity index (χ0) is 14.6. The Hall–Kier alpha value is -1.98. The van der Waals surface area contributed by atoms with Crippen LogP contribution in [0.3, 0.4) is 0 Å². The van der Waals surface area contributed by atoms with Gasteiger partial charge >= 0.3 is 12.1 Å². The minimum absolute atomic E-state index is 0.208. The Morgan fingerprint density at radius 2 is 1.79 bits per heavy atom. The Balaban J connectivity index is 2.95. The molecule has 1 rings (SSSR count). The van der Waals surface area contributed by atoms with Crippen LogP contribution in [0.1, 0.15) is 5.56 Å². The zero-order valence-electron chi connectivity index (χ0n) is 10.5. The van der Waals surface area contributed by atoms with Gasteiger partial charge in [0.05, 0.1) is 0 Å². The third kappa shape index (κ3) is 4.65. The van der Waals surface area contributed by atoms with E-state index < -0.39 is 24.1 Å². The summed E-state index contributed by atoms with van der Waals surface area (Å²) in [6.07, 6.45) is -4.89. The van der Waals surface area contributed by atoms with Crippen molar-refractivity contribution in [3.63, 3.8) is 0 Å². The molecule has 0 fully saturated rings. The predicted octanol–water partition coefficient (Wildman–Crippen LogP) is 2.87. The van der Waals surface area contributed by atoms with Gasteiger partial charge in [0.1, 0.15) is 0 Å². The molecule has 0 amide bonds. The number of hydrogen-bond acceptors (Lipinski definition) is 2. The highest BCUT2D eigenvalue weighted by molar-refractivity contribution is 5.81. The van der Waals surface area contributed by atoms with Crippen molar-refractivity contribution in [3.8, 4) is 0 Å². The molecule has 0 saturated heterocycles. The van der Waals surface area contributed by atoms with Crippen molar-refractivity contribution in [1.29, 1.82) is 0 Å². The topological polar surface area (TPSA) is 40.5 Å². The maximum atomic E-state index is 12.6. The number of carboxylic acid groups (broad SMARTS) is 1.